The molecule has 7 rings (SSSR count). The summed E-state index contributed by atoms with van der Waals surface area (Å²) in [6, 6.07) is 11.5. The van der Waals surface area contributed by atoms with Crippen molar-refractivity contribution in [2.75, 3.05) is 26.2 Å². The zero-order valence-electron chi connectivity index (χ0n) is 32.2. The molecule has 3 saturated heterocycles. The van der Waals surface area contributed by atoms with Gasteiger partial charge in [0.1, 0.15) is 17.4 Å². The molecule has 14 heteroatoms. The number of piperazine rings is 1. The largest absolute Gasteiger partial charge is 0.493 e. The second kappa shape index (κ2) is 15.5. The number of nitrogens with zero attached hydrogens (tertiary/aromatic N) is 3. The molecule has 0 radical (unpaired) electrons. The lowest BCUT2D eigenvalue weighted by Gasteiger charge is -2.45. The zero-order chi connectivity index (χ0) is 39.2. The Morgan fingerprint density at radius 2 is 1.51 bits per heavy atom. The summed E-state index contributed by atoms with van der Waals surface area (Å²) >= 11 is 0. The van der Waals surface area contributed by atoms with Crippen LogP contribution in [0.3, 0.4) is 0 Å². The number of piperidine rings is 1. The Balaban J connectivity index is 1.08. The smallest absolute Gasteiger partial charge is 0.407 e. The van der Waals surface area contributed by atoms with Crippen LogP contribution in [0.15, 0.2) is 53.4 Å². The van der Waals surface area contributed by atoms with E-state index in [1.165, 1.54) is 23.6 Å². The highest BCUT2D eigenvalue weighted by Crippen LogP contribution is 2.58. The van der Waals surface area contributed by atoms with Crippen LogP contribution in [0.25, 0.3) is 0 Å². The first-order valence-corrected chi connectivity index (χ1v) is 21.4. The van der Waals surface area contributed by atoms with E-state index in [4.69, 9.17) is 9.47 Å². The minimum atomic E-state index is -4.30. The molecule has 2 aromatic carbocycles. The molecule has 3 aliphatic heterocycles. The van der Waals surface area contributed by atoms with E-state index >= 15 is 0 Å². The minimum absolute atomic E-state index is 0.0694. The number of alkyl halides is 3. The average Bonchev–Trinajstić information content (AvgIpc) is 3.91. The van der Waals surface area contributed by atoms with E-state index in [-0.39, 0.29) is 60.4 Å². The van der Waals surface area contributed by atoms with E-state index in [1.54, 1.807) is 69.3 Å². The third kappa shape index (κ3) is 8.81. The Morgan fingerprint density at radius 1 is 0.873 bits per heavy atom. The molecular formula is C41H55F3N4O6S. The quantitative estimate of drug-likeness (QED) is 0.272. The van der Waals surface area contributed by atoms with Crippen LogP contribution in [0.2, 0.25) is 0 Å². The standard InChI is InChI=1S/C41H55F3N4O6S/c1-39(2,3)54-38(50)45-31-23-32-13-14-33(24-31)48(32)37(49)36-26-46(25-28-9-11-30(12-10-28)40(19-20-40)41(42,43)44)21-22-47(36)55(51,52)35-17-15-34(16-18-35)53-27-29-7-5-4-6-8-29/h9-12,15-18,29,31-33,36H,4-8,13-14,19-27H2,1-3H3,(H,45,50)/t31?,32?,33?,36-/m0/s1. The van der Waals surface area contributed by atoms with E-state index in [0.717, 1.165) is 31.2 Å². The third-order valence-corrected chi connectivity index (χ3v) is 14.2. The van der Waals surface area contributed by atoms with Gasteiger partial charge in [-0.15, -0.1) is 0 Å². The maximum atomic E-state index is 14.7. The van der Waals surface area contributed by atoms with Gasteiger partial charge < -0.3 is 19.7 Å². The van der Waals surface area contributed by atoms with E-state index in [2.05, 4.69) is 5.32 Å². The summed E-state index contributed by atoms with van der Waals surface area (Å²) in [4.78, 5) is 31.3. The number of carbonyl (C=O) groups excluding carboxylic acids is 2. The predicted molar refractivity (Wildman–Crippen MR) is 201 cm³/mol. The summed E-state index contributed by atoms with van der Waals surface area (Å²) in [5, 5.41) is 2.98. The molecule has 2 bridgehead atoms. The van der Waals surface area contributed by atoms with Gasteiger partial charge in [-0.3, -0.25) is 9.69 Å². The van der Waals surface area contributed by atoms with Crippen molar-refractivity contribution in [2.45, 2.75) is 144 Å². The second-order valence-electron chi connectivity index (χ2n) is 17.4. The molecule has 5 aliphatic rings. The topological polar surface area (TPSA) is 108 Å². The number of nitrogens with one attached hydrogen (secondary N) is 1. The van der Waals surface area contributed by atoms with E-state index in [1.807, 2.05) is 9.80 Å². The van der Waals surface area contributed by atoms with Crippen LogP contribution < -0.4 is 10.1 Å². The van der Waals surface area contributed by atoms with Gasteiger partial charge in [0.05, 0.1) is 16.9 Å². The monoisotopic (exact) mass is 788 g/mol. The lowest BCUT2D eigenvalue weighted by Crippen LogP contribution is -2.63. The van der Waals surface area contributed by atoms with Gasteiger partial charge in [0.15, 0.2) is 0 Å². The van der Waals surface area contributed by atoms with Gasteiger partial charge in [0.25, 0.3) is 0 Å². The van der Waals surface area contributed by atoms with Crippen molar-refractivity contribution in [1.82, 2.24) is 19.4 Å². The SMILES string of the molecule is CC(C)(C)OC(=O)NC1CC2CCC(C1)N2C(=O)[C@@H]1CN(Cc2ccc(C3(C(F)(F)F)CC3)cc2)CCN1S(=O)(=O)c1ccc(OCC2CCCCC2)cc1. The summed E-state index contributed by atoms with van der Waals surface area (Å²) < 4.78 is 83.0. The Hall–Kier alpha value is -3.36. The number of amides is 2. The second-order valence-corrected chi connectivity index (χ2v) is 19.3. The Morgan fingerprint density at radius 3 is 2.09 bits per heavy atom. The number of halogens is 3. The molecule has 0 spiro atoms. The van der Waals surface area contributed by atoms with Gasteiger partial charge in [-0.05, 0) is 113 Å². The van der Waals surface area contributed by atoms with E-state index < -0.39 is 39.4 Å². The van der Waals surface area contributed by atoms with Crippen LogP contribution in [-0.4, -0.2) is 96.7 Å². The number of ether oxygens (including phenoxy) is 2. The molecule has 0 aromatic heterocycles. The van der Waals surface area contributed by atoms with E-state index in [9.17, 15) is 31.2 Å². The van der Waals surface area contributed by atoms with Crippen LogP contribution in [-0.2, 0) is 31.5 Å². The number of hydrogen-bond acceptors (Lipinski definition) is 7. The van der Waals surface area contributed by atoms with Gasteiger partial charge in [-0.1, -0.05) is 43.5 Å². The van der Waals surface area contributed by atoms with Crippen LogP contribution in [0.5, 0.6) is 5.75 Å². The number of benzene rings is 2. The van der Waals surface area contributed by atoms with Gasteiger partial charge in [0.2, 0.25) is 15.9 Å². The fourth-order valence-electron chi connectivity index (χ4n) is 9.22. The zero-order valence-corrected chi connectivity index (χ0v) is 33.0. The molecule has 10 nitrogen and oxygen atoms in total. The average molecular weight is 789 g/mol. The normalized spacial score (nSPS) is 26.4. The van der Waals surface area contributed by atoms with Crippen molar-refractivity contribution in [3.63, 3.8) is 0 Å². The third-order valence-electron chi connectivity index (χ3n) is 12.3. The maximum absolute atomic E-state index is 14.7. The van der Waals surface area contributed by atoms with Crippen molar-refractivity contribution in [3.05, 3.63) is 59.7 Å². The number of sulfonamides is 1. The van der Waals surface area contributed by atoms with Crippen molar-refractivity contribution in [3.8, 4) is 5.75 Å². The van der Waals surface area contributed by atoms with Crippen LogP contribution in [0, 0.1) is 5.92 Å². The Bertz CT molecular complexity index is 1780. The first-order chi connectivity index (χ1) is 26.0. The van der Waals surface area contributed by atoms with Crippen LogP contribution in [0.4, 0.5) is 18.0 Å². The lowest BCUT2D eigenvalue weighted by molar-refractivity contribution is -0.160. The molecule has 3 atom stereocenters. The number of alkyl carbamates (subject to hydrolysis) is 1. The number of hydrogen-bond donors (Lipinski definition) is 1. The van der Waals surface area contributed by atoms with Gasteiger partial charge in [0, 0.05) is 44.3 Å². The lowest BCUT2D eigenvalue weighted by atomic mass is 9.90. The molecule has 2 amide bonds. The fraction of sp³-hybridized carbons (Fsp3) is 0.659. The van der Waals surface area contributed by atoms with Crippen LogP contribution in [0.1, 0.15) is 103 Å². The number of carbonyl (C=O) groups is 2. The first kappa shape index (κ1) is 39.9. The van der Waals surface area contributed by atoms with Crippen molar-refractivity contribution < 1.29 is 40.7 Å². The molecule has 2 aliphatic carbocycles. The highest BCUT2D eigenvalue weighted by atomic mass is 32.2. The summed E-state index contributed by atoms with van der Waals surface area (Å²) in [7, 11) is -4.11. The number of fused-ring (bicyclic) bond motifs is 2. The Labute approximate surface area is 323 Å². The fourth-order valence-corrected chi connectivity index (χ4v) is 10.8. The molecular weight excluding hydrogens is 734 g/mol. The molecule has 2 aromatic rings. The molecule has 55 heavy (non-hydrogen) atoms. The van der Waals surface area contributed by atoms with Gasteiger partial charge in [-0.2, -0.15) is 17.5 Å². The molecule has 1 N–H and O–H groups in total. The van der Waals surface area contributed by atoms with Crippen molar-refractivity contribution in [1.29, 1.82) is 0 Å². The maximum Gasteiger partial charge on any atom is 0.407 e. The van der Waals surface area contributed by atoms with Gasteiger partial charge in [-0.25, -0.2) is 13.2 Å². The highest BCUT2D eigenvalue weighted by molar-refractivity contribution is 7.89. The summed E-state index contributed by atoms with van der Waals surface area (Å²) in [5.41, 5.74) is -1.35. The molecule has 5 fully saturated rings. The van der Waals surface area contributed by atoms with Crippen molar-refractivity contribution >= 4 is 22.0 Å². The molecule has 2 unspecified atom stereocenters. The molecule has 3 heterocycles. The first-order valence-electron chi connectivity index (χ1n) is 20.0. The molecule has 302 valence electrons. The summed E-state index contributed by atoms with van der Waals surface area (Å²) in [6.07, 6.45) is 3.89. The number of rotatable bonds is 10. The Kier molecular flexibility index (Phi) is 11.3. The summed E-state index contributed by atoms with van der Waals surface area (Å²) in [5.74, 6) is 0.844. The van der Waals surface area contributed by atoms with Crippen LogP contribution >= 0.6 is 0 Å². The molecule has 2 saturated carbocycles. The van der Waals surface area contributed by atoms with Crippen molar-refractivity contribution in [2.24, 2.45) is 5.92 Å². The summed E-state index contributed by atoms with van der Waals surface area (Å²) in [6.45, 7) is 6.91. The predicted octanol–water partition coefficient (Wildman–Crippen LogP) is 7.16. The highest BCUT2D eigenvalue weighted by Gasteiger charge is 2.64. The van der Waals surface area contributed by atoms with E-state index in [0.29, 0.717) is 44.2 Å². The van der Waals surface area contributed by atoms with Gasteiger partial charge >= 0.3 is 12.3 Å². The minimum Gasteiger partial charge on any atom is -0.493 e.